The molecule has 0 radical (unpaired) electrons. The number of carbonyl (C=O) groups is 2. The number of nitrogens with zero attached hydrogens (tertiary/aromatic N) is 1. The van der Waals surface area contributed by atoms with E-state index in [1.807, 2.05) is 19.9 Å². The molecular weight excluding hydrogens is 282 g/mol. The van der Waals surface area contributed by atoms with E-state index in [-0.39, 0.29) is 17.2 Å². The summed E-state index contributed by atoms with van der Waals surface area (Å²) < 4.78 is 6.10. The zero-order valence-electron chi connectivity index (χ0n) is 12.7. The second-order valence-corrected chi connectivity index (χ2v) is 5.01. The number of benzene rings is 1. The summed E-state index contributed by atoms with van der Waals surface area (Å²) in [6.45, 7) is 3.83. The van der Waals surface area contributed by atoms with Crippen LogP contribution in [0.4, 0.5) is 0 Å². The molecule has 1 heterocycles. The standard InChI is InChI=1S/C17H17NO4/c1-11-7-12(2)9-13(8-11)16(19)14-5-4-6-18(14)15(10-22-3)17(20)21/h4-10H,1-3H3,(H,20,21)/b15-10+. The van der Waals surface area contributed by atoms with E-state index in [0.29, 0.717) is 5.56 Å². The maximum absolute atomic E-state index is 12.7. The average molecular weight is 299 g/mol. The first-order chi connectivity index (χ1) is 10.4. The summed E-state index contributed by atoms with van der Waals surface area (Å²) >= 11 is 0. The summed E-state index contributed by atoms with van der Waals surface area (Å²) in [5, 5.41) is 9.26. The first-order valence-electron chi connectivity index (χ1n) is 6.71. The van der Waals surface area contributed by atoms with Crippen LogP contribution in [0.5, 0.6) is 0 Å². The molecule has 0 aliphatic carbocycles. The Balaban J connectivity index is 2.50. The van der Waals surface area contributed by atoms with Gasteiger partial charge in [0.25, 0.3) is 0 Å². The third kappa shape index (κ3) is 3.09. The Morgan fingerprint density at radius 2 is 1.82 bits per heavy atom. The van der Waals surface area contributed by atoms with Crippen molar-refractivity contribution in [1.29, 1.82) is 0 Å². The van der Waals surface area contributed by atoms with Gasteiger partial charge in [-0.3, -0.25) is 4.79 Å². The maximum Gasteiger partial charge on any atom is 0.356 e. The molecule has 5 nitrogen and oxygen atoms in total. The van der Waals surface area contributed by atoms with Crippen LogP contribution in [0.25, 0.3) is 5.70 Å². The molecule has 0 aliphatic rings. The number of aryl methyl sites for hydroxylation is 2. The Hall–Kier alpha value is -2.82. The van der Waals surface area contributed by atoms with Gasteiger partial charge in [-0.1, -0.05) is 17.2 Å². The highest BCUT2D eigenvalue weighted by Gasteiger charge is 2.19. The lowest BCUT2D eigenvalue weighted by molar-refractivity contribution is -0.130. The van der Waals surface area contributed by atoms with Crippen molar-refractivity contribution in [3.63, 3.8) is 0 Å². The number of carbonyl (C=O) groups excluding carboxylic acids is 1. The van der Waals surface area contributed by atoms with Crippen molar-refractivity contribution in [3.8, 4) is 0 Å². The van der Waals surface area contributed by atoms with Crippen LogP contribution in [-0.4, -0.2) is 28.5 Å². The minimum Gasteiger partial charge on any atom is -0.502 e. The van der Waals surface area contributed by atoms with Crippen molar-refractivity contribution in [2.75, 3.05) is 7.11 Å². The monoisotopic (exact) mass is 299 g/mol. The molecule has 5 heteroatoms. The fourth-order valence-electron chi connectivity index (χ4n) is 2.35. The van der Waals surface area contributed by atoms with E-state index >= 15 is 0 Å². The Morgan fingerprint density at radius 1 is 1.18 bits per heavy atom. The van der Waals surface area contributed by atoms with Gasteiger partial charge in [-0.2, -0.15) is 0 Å². The van der Waals surface area contributed by atoms with Crippen LogP contribution in [0.3, 0.4) is 0 Å². The summed E-state index contributed by atoms with van der Waals surface area (Å²) in [7, 11) is 1.36. The van der Waals surface area contributed by atoms with Gasteiger partial charge in [-0.25, -0.2) is 4.79 Å². The van der Waals surface area contributed by atoms with Crippen molar-refractivity contribution in [3.05, 3.63) is 65.2 Å². The third-order valence-corrected chi connectivity index (χ3v) is 3.17. The number of carboxylic acids is 1. The molecule has 2 rings (SSSR count). The Morgan fingerprint density at radius 3 is 2.36 bits per heavy atom. The molecule has 114 valence electrons. The molecule has 1 N–H and O–H groups in total. The molecule has 0 saturated heterocycles. The molecule has 0 unspecified atom stereocenters. The molecule has 0 spiro atoms. The lowest BCUT2D eigenvalue weighted by Gasteiger charge is -2.10. The second-order valence-electron chi connectivity index (χ2n) is 5.01. The fraction of sp³-hybridized carbons (Fsp3) is 0.176. The minimum atomic E-state index is -1.17. The van der Waals surface area contributed by atoms with Crippen molar-refractivity contribution >= 4 is 17.4 Å². The van der Waals surface area contributed by atoms with Crippen molar-refractivity contribution in [2.24, 2.45) is 0 Å². The Bertz CT molecular complexity index is 736. The molecule has 0 bridgehead atoms. The lowest BCUT2D eigenvalue weighted by Crippen LogP contribution is -2.14. The summed E-state index contributed by atoms with van der Waals surface area (Å²) in [5.74, 6) is -1.41. The van der Waals surface area contributed by atoms with Gasteiger partial charge in [0.2, 0.25) is 5.78 Å². The van der Waals surface area contributed by atoms with E-state index in [1.54, 1.807) is 24.3 Å². The number of methoxy groups -OCH3 is 1. The average Bonchev–Trinajstić information content (AvgIpc) is 2.91. The van der Waals surface area contributed by atoms with Crippen molar-refractivity contribution in [1.82, 2.24) is 4.57 Å². The zero-order valence-corrected chi connectivity index (χ0v) is 12.7. The topological polar surface area (TPSA) is 68.5 Å². The Kier molecular flexibility index (Phi) is 4.46. The van der Waals surface area contributed by atoms with E-state index in [0.717, 1.165) is 17.4 Å². The predicted octanol–water partition coefficient (Wildman–Crippen LogP) is 2.87. The highest BCUT2D eigenvalue weighted by atomic mass is 16.5. The van der Waals surface area contributed by atoms with Gasteiger partial charge in [-0.05, 0) is 38.1 Å². The van der Waals surface area contributed by atoms with Crippen LogP contribution in [-0.2, 0) is 9.53 Å². The molecule has 0 fully saturated rings. The van der Waals surface area contributed by atoms with Crippen LogP contribution in [0.1, 0.15) is 27.2 Å². The van der Waals surface area contributed by atoms with Crippen molar-refractivity contribution < 1.29 is 19.4 Å². The van der Waals surface area contributed by atoms with Crippen LogP contribution in [0.15, 0.2) is 42.8 Å². The van der Waals surface area contributed by atoms with E-state index in [4.69, 9.17) is 4.74 Å². The summed E-state index contributed by atoms with van der Waals surface area (Å²) in [5.41, 5.74) is 2.63. The van der Waals surface area contributed by atoms with Gasteiger partial charge in [-0.15, -0.1) is 0 Å². The van der Waals surface area contributed by atoms with Gasteiger partial charge < -0.3 is 14.4 Å². The van der Waals surface area contributed by atoms with Gasteiger partial charge in [0.1, 0.15) is 6.26 Å². The van der Waals surface area contributed by atoms with Crippen molar-refractivity contribution in [2.45, 2.75) is 13.8 Å². The molecule has 22 heavy (non-hydrogen) atoms. The number of aromatic nitrogens is 1. The summed E-state index contributed by atoms with van der Waals surface area (Å²) in [4.78, 5) is 24.0. The first-order valence-corrected chi connectivity index (χ1v) is 6.71. The number of hydrogen-bond donors (Lipinski definition) is 1. The lowest BCUT2D eigenvalue weighted by atomic mass is 10.0. The first kappa shape index (κ1) is 15.6. The van der Waals surface area contributed by atoms with E-state index in [2.05, 4.69) is 0 Å². The molecule has 0 saturated carbocycles. The van der Waals surface area contributed by atoms with Gasteiger partial charge in [0.15, 0.2) is 5.70 Å². The second kappa shape index (κ2) is 6.30. The van der Waals surface area contributed by atoms with E-state index in [9.17, 15) is 14.7 Å². The highest BCUT2D eigenvalue weighted by molar-refractivity contribution is 6.13. The number of rotatable bonds is 5. The predicted molar refractivity (Wildman–Crippen MR) is 82.7 cm³/mol. The smallest absolute Gasteiger partial charge is 0.356 e. The number of carboxylic acid groups (broad SMARTS) is 1. The fourth-order valence-corrected chi connectivity index (χ4v) is 2.35. The molecule has 0 amide bonds. The molecule has 1 aromatic carbocycles. The third-order valence-electron chi connectivity index (χ3n) is 3.17. The van der Waals surface area contributed by atoms with Gasteiger partial charge in [0.05, 0.1) is 12.8 Å². The largest absolute Gasteiger partial charge is 0.502 e. The quantitative estimate of drug-likeness (QED) is 0.523. The summed E-state index contributed by atoms with van der Waals surface area (Å²) in [6.07, 6.45) is 2.62. The van der Waals surface area contributed by atoms with Crippen LogP contribution < -0.4 is 0 Å². The highest BCUT2D eigenvalue weighted by Crippen LogP contribution is 2.18. The molecule has 0 atom stereocenters. The summed E-state index contributed by atoms with van der Waals surface area (Å²) in [6, 6.07) is 8.76. The SMILES string of the molecule is CO/C=C(\C(=O)O)n1cccc1C(=O)c1cc(C)cc(C)c1. The van der Waals surface area contributed by atoms with E-state index < -0.39 is 5.97 Å². The minimum absolute atomic E-state index is 0.125. The molecule has 1 aromatic heterocycles. The molecular formula is C17H17NO4. The van der Waals surface area contributed by atoms with Crippen LogP contribution in [0.2, 0.25) is 0 Å². The zero-order chi connectivity index (χ0) is 16.3. The van der Waals surface area contributed by atoms with Crippen LogP contribution in [0, 0.1) is 13.8 Å². The molecule has 0 aliphatic heterocycles. The van der Waals surface area contributed by atoms with E-state index in [1.165, 1.54) is 17.9 Å². The number of ketones is 1. The molecule has 2 aromatic rings. The number of ether oxygens (including phenoxy) is 1. The van der Waals surface area contributed by atoms with Gasteiger partial charge >= 0.3 is 5.97 Å². The maximum atomic E-state index is 12.7. The number of hydrogen-bond acceptors (Lipinski definition) is 3. The van der Waals surface area contributed by atoms with Gasteiger partial charge in [0, 0.05) is 11.8 Å². The Labute approximate surface area is 128 Å². The number of aliphatic carboxylic acids is 1. The normalized spacial score (nSPS) is 11.3. The van der Waals surface area contributed by atoms with Crippen LogP contribution >= 0.6 is 0 Å².